The first-order chi connectivity index (χ1) is 12.7. The molecule has 7 nitrogen and oxygen atoms in total. The molecule has 1 N–H and O–H groups in total. The van der Waals surface area contributed by atoms with Gasteiger partial charge in [0.25, 0.3) is 10.2 Å². The van der Waals surface area contributed by atoms with Gasteiger partial charge in [-0.25, -0.2) is 0 Å². The van der Waals surface area contributed by atoms with Crippen molar-refractivity contribution in [1.29, 1.82) is 0 Å². The second-order valence-corrected chi connectivity index (χ2v) is 9.01. The van der Waals surface area contributed by atoms with Crippen molar-refractivity contribution in [3.63, 3.8) is 0 Å². The lowest BCUT2D eigenvalue weighted by Crippen LogP contribution is -2.56. The summed E-state index contributed by atoms with van der Waals surface area (Å²) in [6, 6.07) is 4.63. The third-order valence-electron chi connectivity index (χ3n) is 4.77. The Hall–Kier alpha value is -0.900. The van der Waals surface area contributed by atoms with Crippen molar-refractivity contribution in [2.45, 2.75) is 26.8 Å². The number of amides is 1. The number of rotatable bonds is 7. The number of nitrogens with one attached hydrogen (secondary N) is 1. The molecule has 10 heteroatoms. The van der Waals surface area contributed by atoms with Crippen LogP contribution in [0.4, 0.5) is 5.69 Å². The fourth-order valence-corrected chi connectivity index (χ4v) is 4.99. The normalized spacial score (nSPS) is 17.9. The number of carbonyl (C=O) groups excluding carboxylic acids is 1. The maximum atomic E-state index is 12.6. The van der Waals surface area contributed by atoms with E-state index in [1.807, 2.05) is 18.7 Å². The minimum atomic E-state index is -3.45. The zero-order chi connectivity index (χ0) is 20.2. The van der Waals surface area contributed by atoms with Crippen LogP contribution >= 0.6 is 23.2 Å². The highest BCUT2D eigenvalue weighted by atomic mass is 35.5. The van der Waals surface area contributed by atoms with Crippen LogP contribution in [-0.4, -0.2) is 73.1 Å². The van der Waals surface area contributed by atoms with E-state index in [9.17, 15) is 13.2 Å². The van der Waals surface area contributed by atoms with Crippen LogP contribution in [0.1, 0.15) is 20.8 Å². The fourth-order valence-electron chi connectivity index (χ4n) is 3.04. The SMILES string of the molecule is CCN(CC)S(=O)(=O)N1CCN(C(C)C(=O)Nc2cccc(Cl)c2Cl)CC1. The van der Waals surface area contributed by atoms with Crippen molar-refractivity contribution in [2.24, 2.45) is 0 Å². The van der Waals surface area contributed by atoms with Gasteiger partial charge in [0.1, 0.15) is 0 Å². The van der Waals surface area contributed by atoms with Crippen molar-refractivity contribution in [1.82, 2.24) is 13.5 Å². The highest BCUT2D eigenvalue weighted by molar-refractivity contribution is 7.86. The van der Waals surface area contributed by atoms with E-state index in [0.29, 0.717) is 55.0 Å². The van der Waals surface area contributed by atoms with Gasteiger partial charge in [-0.05, 0) is 19.1 Å². The minimum Gasteiger partial charge on any atom is -0.323 e. The summed E-state index contributed by atoms with van der Waals surface area (Å²) in [7, 11) is -3.45. The summed E-state index contributed by atoms with van der Waals surface area (Å²) in [4.78, 5) is 14.5. The Bertz CT molecular complexity index is 763. The van der Waals surface area contributed by atoms with E-state index in [1.54, 1.807) is 25.1 Å². The number of carbonyl (C=O) groups is 1. The molecule has 1 aromatic rings. The van der Waals surface area contributed by atoms with E-state index in [1.165, 1.54) is 8.61 Å². The lowest BCUT2D eigenvalue weighted by molar-refractivity contribution is -0.121. The van der Waals surface area contributed by atoms with Crippen LogP contribution in [0.15, 0.2) is 18.2 Å². The first-order valence-electron chi connectivity index (χ1n) is 8.96. The van der Waals surface area contributed by atoms with E-state index in [-0.39, 0.29) is 5.91 Å². The van der Waals surface area contributed by atoms with Crippen LogP contribution in [0.3, 0.4) is 0 Å². The van der Waals surface area contributed by atoms with Gasteiger partial charge in [-0.1, -0.05) is 43.1 Å². The van der Waals surface area contributed by atoms with Crippen LogP contribution in [0.2, 0.25) is 10.0 Å². The molecule has 1 unspecified atom stereocenters. The largest absolute Gasteiger partial charge is 0.323 e. The molecule has 0 bridgehead atoms. The number of benzene rings is 1. The lowest BCUT2D eigenvalue weighted by Gasteiger charge is -2.38. The van der Waals surface area contributed by atoms with Crippen LogP contribution in [0.5, 0.6) is 0 Å². The second kappa shape index (κ2) is 9.54. The Kier molecular flexibility index (Phi) is 7.91. The van der Waals surface area contributed by atoms with Gasteiger partial charge >= 0.3 is 0 Å². The molecule has 0 spiro atoms. The van der Waals surface area contributed by atoms with Crippen molar-refractivity contribution < 1.29 is 13.2 Å². The highest BCUT2D eigenvalue weighted by Gasteiger charge is 2.33. The van der Waals surface area contributed by atoms with Crippen molar-refractivity contribution in [2.75, 3.05) is 44.6 Å². The summed E-state index contributed by atoms with van der Waals surface area (Å²) in [5, 5.41) is 3.46. The average Bonchev–Trinajstić information content (AvgIpc) is 2.65. The molecule has 0 saturated carbocycles. The summed E-state index contributed by atoms with van der Waals surface area (Å²) in [5.74, 6) is -0.209. The van der Waals surface area contributed by atoms with Gasteiger partial charge in [-0.15, -0.1) is 0 Å². The molecule has 2 rings (SSSR count). The lowest BCUT2D eigenvalue weighted by atomic mass is 10.2. The van der Waals surface area contributed by atoms with E-state index >= 15 is 0 Å². The fraction of sp³-hybridized carbons (Fsp3) is 0.588. The number of hydrogen-bond acceptors (Lipinski definition) is 4. The van der Waals surface area contributed by atoms with Crippen LogP contribution < -0.4 is 5.32 Å². The standard InChI is InChI=1S/C17H26Cl2N4O3S/c1-4-22(5-2)27(25,26)23-11-9-21(10-12-23)13(3)17(24)20-15-8-6-7-14(18)16(15)19/h6-8,13H,4-5,9-12H2,1-3H3,(H,20,24). The molecule has 0 aliphatic carbocycles. The third-order valence-corrected chi connectivity index (χ3v) is 7.77. The molecular formula is C17H26Cl2N4O3S. The Morgan fingerprint density at radius 2 is 1.78 bits per heavy atom. The first kappa shape index (κ1) is 22.4. The van der Waals surface area contributed by atoms with Gasteiger partial charge in [-0.2, -0.15) is 17.0 Å². The summed E-state index contributed by atoms with van der Waals surface area (Å²) >= 11 is 12.1. The third kappa shape index (κ3) is 5.13. The molecule has 1 atom stereocenters. The Labute approximate surface area is 171 Å². The predicted octanol–water partition coefficient (Wildman–Crippen LogP) is 2.52. The average molecular weight is 437 g/mol. The first-order valence-corrected chi connectivity index (χ1v) is 11.1. The van der Waals surface area contributed by atoms with Crippen LogP contribution in [0.25, 0.3) is 0 Å². The number of piperazine rings is 1. The molecule has 1 fully saturated rings. The zero-order valence-electron chi connectivity index (χ0n) is 15.8. The molecule has 152 valence electrons. The van der Waals surface area contributed by atoms with Gasteiger partial charge in [0.15, 0.2) is 0 Å². The van der Waals surface area contributed by atoms with Gasteiger partial charge < -0.3 is 5.32 Å². The monoisotopic (exact) mass is 436 g/mol. The van der Waals surface area contributed by atoms with Gasteiger partial charge in [0, 0.05) is 39.3 Å². The van der Waals surface area contributed by atoms with Gasteiger partial charge in [-0.3, -0.25) is 9.69 Å². The van der Waals surface area contributed by atoms with E-state index in [4.69, 9.17) is 23.2 Å². The molecule has 1 aliphatic heterocycles. The maximum absolute atomic E-state index is 12.6. The van der Waals surface area contributed by atoms with Crippen LogP contribution in [0, 0.1) is 0 Å². The van der Waals surface area contributed by atoms with E-state index in [0.717, 1.165) is 0 Å². The minimum absolute atomic E-state index is 0.209. The topological polar surface area (TPSA) is 73.0 Å². The summed E-state index contributed by atoms with van der Waals surface area (Å²) in [6.45, 7) is 8.01. The Morgan fingerprint density at radius 3 is 2.33 bits per heavy atom. The summed E-state index contributed by atoms with van der Waals surface area (Å²) < 4.78 is 28.1. The molecule has 0 radical (unpaired) electrons. The highest BCUT2D eigenvalue weighted by Crippen LogP contribution is 2.29. The Balaban J connectivity index is 1.97. The van der Waals surface area contributed by atoms with E-state index in [2.05, 4.69) is 5.32 Å². The van der Waals surface area contributed by atoms with E-state index < -0.39 is 16.3 Å². The second-order valence-electron chi connectivity index (χ2n) is 6.29. The van der Waals surface area contributed by atoms with Crippen molar-refractivity contribution >= 4 is 45.0 Å². The number of halogens is 2. The quantitative estimate of drug-likeness (QED) is 0.712. The predicted molar refractivity (Wildman–Crippen MR) is 110 cm³/mol. The summed E-state index contributed by atoms with van der Waals surface area (Å²) in [5.41, 5.74) is 0.462. The zero-order valence-corrected chi connectivity index (χ0v) is 18.1. The molecule has 1 aromatic carbocycles. The molecule has 0 aromatic heterocycles. The number of hydrogen-bond donors (Lipinski definition) is 1. The smallest absolute Gasteiger partial charge is 0.282 e. The van der Waals surface area contributed by atoms with Gasteiger partial charge in [0.05, 0.1) is 21.8 Å². The molecule has 1 amide bonds. The van der Waals surface area contributed by atoms with Gasteiger partial charge in [0.2, 0.25) is 5.91 Å². The van der Waals surface area contributed by atoms with Crippen molar-refractivity contribution in [3.8, 4) is 0 Å². The van der Waals surface area contributed by atoms with Crippen LogP contribution in [-0.2, 0) is 15.0 Å². The molecule has 27 heavy (non-hydrogen) atoms. The molecule has 1 heterocycles. The molecular weight excluding hydrogens is 411 g/mol. The molecule has 1 aliphatic rings. The molecule has 1 saturated heterocycles. The van der Waals surface area contributed by atoms with Crippen molar-refractivity contribution in [3.05, 3.63) is 28.2 Å². The number of nitrogens with zero attached hydrogens (tertiary/aromatic N) is 3. The maximum Gasteiger partial charge on any atom is 0.282 e. The summed E-state index contributed by atoms with van der Waals surface area (Å²) in [6.07, 6.45) is 0. The number of anilines is 1. The Morgan fingerprint density at radius 1 is 1.19 bits per heavy atom.